The first-order valence-corrected chi connectivity index (χ1v) is 7.41. The van der Waals surface area contributed by atoms with Gasteiger partial charge in [0.25, 0.3) is 0 Å². The zero-order valence-electron chi connectivity index (χ0n) is 9.54. The molecule has 0 bridgehead atoms. The second-order valence-corrected chi connectivity index (χ2v) is 6.37. The van der Waals surface area contributed by atoms with E-state index < -0.39 is 0 Å². The van der Waals surface area contributed by atoms with E-state index in [1.807, 2.05) is 0 Å². The number of thiazole rings is 1. The first kappa shape index (κ1) is 11.4. The normalized spacial score (nSPS) is 31.0. The van der Waals surface area contributed by atoms with Crippen LogP contribution in [0.1, 0.15) is 31.0 Å². The van der Waals surface area contributed by atoms with Crippen molar-refractivity contribution in [3.8, 4) is 0 Å². The van der Waals surface area contributed by atoms with Crippen molar-refractivity contribution in [1.82, 2.24) is 10.3 Å². The molecule has 1 aromatic rings. The highest BCUT2D eigenvalue weighted by Crippen LogP contribution is 2.43. The highest BCUT2D eigenvalue weighted by molar-refractivity contribution is 8.00. The fraction of sp³-hybridized carbons (Fsp3) is 0.727. The average molecular weight is 242 g/mol. The molecular weight excluding hydrogens is 224 g/mol. The Kier molecular flexibility index (Phi) is 3.38. The molecular formula is C11H18N2S2. The number of hydrogen-bond donors (Lipinski definition) is 1. The number of nitrogens with zero attached hydrogens (tertiary/aromatic N) is 1. The molecule has 2 atom stereocenters. The first-order valence-electron chi connectivity index (χ1n) is 5.48. The van der Waals surface area contributed by atoms with Crippen LogP contribution in [0.5, 0.6) is 0 Å². The van der Waals surface area contributed by atoms with Gasteiger partial charge in [0, 0.05) is 16.3 Å². The lowest BCUT2D eigenvalue weighted by Crippen LogP contribution is -2.46. The van der Waals surface area contributed by atoms with Crippen molar-refractivity contribution in [3.05, 3.63) is 16.1 Å². The molecule has 0 radical (unpaired) electrons. The van der Waals surface area contributed by atoms with Crippen molar-refractivity contribution >= 4 is 23.1 Å². The minimum Gasteiger partial charge on any atom is -0.305 e. The second-order valence-electron chi connectivity index (χ2n) is 4.06. The lowest BCUT2D eigenvalue weighted by Gasteiger charge is -2.31. The van der Waals surface area contributed by atoms with Crippen LogP contribution in [0.3, 0.4) is 0 Å². The molecule has 15 heavy (non-hydrogen) atoms. The molecule has 0 aliphatic carbocycles. The number of rotatable bonds is 3. The molecule has 2 rings (SSSR count). The molecule has 4 heteroatoms. The van der Waals surface area contributed by atoms with E-state index in [4.69, 9.17) is 0 Å². The van der Waals surface area contributed by atoms with Gasteiger partial charge in [-0.2, -0.15) is 11.8 Å². The van der Waals surface area contributed by atoms with Gasteiger partial charge >= 0.3 is 0 Å². The number of thioether (sulfide) groups is 1. The number of aromatic nitrogens is 1. The van der Waals surface area contributed by atoms with Crippen molar-refractivity contribution in [1.29, 1.82) is 0 Å². The van der Waals surface area contributed by atoms with Crippen LogP contribution < -0.4 is 5.32 Å². The lowest BCUT2D eigenvalue weighted by molar-refractivity contribution is 0.341. The average Bonchev–Trinajstić information content (AvgIpc) is 2.76. The zero-order chi connectivity index (χ0) is 10.9. The Labute approximate surface area is 99.9 Å². The Morgan fingerprint density at radius 2 is 2.47 bits per heavy atom. The summed E-state index contributed by atoms with van der Waals surface area (Å²) < 4.78 is 0. The van der Waals surface area contributed by atoms with Gasteiger partial charge in [-0.3, -0.25) is 0 Å². The molecule has 1 saturated heterocycles. The Morgan fingerprint density at radius 3 is 2.93 bits per heavy atom. The summed E-state index contributed by atoms with van der Waals surface area (Å²) in [7, 11) is 0. The molecule has 1 fully saturated rings. The number of hydrogen-bond acceptors (Lipinski definition) is 4. The van der Waals surface area contributed by atoms with E-state index in [0.717, 1.165) is 12.2 Å². The molecule has 1 N–H and O–H groups in total. The van der Waals surface area contributed by atoms with E-state index in [2.05, 4.69) is 48.2 Å². The van der Waals surface area contributed by atoms with Gasteiger partial charge in [-0.25, -0.2) is 4.98 Å². The monoisotopic (exact) mass is 242 g/mol. The standard InChI is InChI=1S/C11H18N2S2/c1-4-12-11(5-6-14-9(11)3)10-13-8(2)7-15-10/h7,9,12H,4-6H2,1-3H3. The summed E-state index contributed by atoms with van der Waals surface area (Å²) in [6.07, 6.45) is 1.21. The highest BCUT2D eigenvalue weighted by Gasteiger charge is 2.43. The summed E-state index contributed by atoms with van der Waals surface area (Å²) in [5.41, 5.74) is 1.29. The molecule has 0 saturated carbocycles. The van der Waals surface area contributed by atoms with Crippen LogP contribution in [0.4, 0.5) is 0 Å². The van der Waals surface area contributed by atoms with Gasteiger partial charge < -0.3 is 5.32 Å². The third-order valence-corrected chi connectivity index (χ3v) is 5.53. The molecule has 2 unspecified atom stereocenters. The first-order chi connectivity index (χ1) is 7.19. The van der Waals surface area contributed by atoms with Gasteiger partial charge in [0.1, 0.15) is 5.01 Å². The summed E-state index contributed by atoms with van der Waals surface area (Å²) in [5.74, 6) is 1.24. The maximum Gasteiger partial charge on any atom is 0.114 e. The van der Waals surface area contributed by atoms with E-state index >= 15 is 0 Å². The molecule has 0 aromatic carbocycles. The molecule has 84 valence electrons. The number of aryl methyl sites for hydroxylation is 1. The molecule has 1 aliphatic rings. The van der Waals surface area contributed by atoms with Gasteiger partial charge in [-0.05, 0) is 25.6 Å². The third-order valence-electron chi connectivity index (χ3n) is 3.05. The largest absolute Gasteiger partial charge is 0.305 e. The Hall–Kier alpha value is -0.0600. The molecule has 2 nitrogen and oxygen atoms in total. The number of nitrogens with one attached hydrogen (secondary N) is 1. The summed E-state index contributed by atoms with van der Waals surface area (Å²) in [5, 5.41) is 7.73. The molecule has 1 aromatic heterocycles. The van der Waals surface area contributed by atoms with Crippen molar-refractivity contribution in [2.45, 2.75) is 38.0 Å². The van der Waals surface area contributed by atoms with E-state index in [1.165, 1.54) is 17.2 Å². The topological polar surface area (TPSA) is 24.9 Å². The Bertz CT molecular complexity index is 337. The quantitative estimate of drug-likeness (QED) is 0.882. The minimum atomic E-state index is 0.137. The van der Waals surface area contributed by atoms with Gasteiger partial charge in [0.15, 0.2) is 0 Å². The van der Waals surface area contributed by atoms with Crippen LogP contribution in [-0.4, -0.2) is 22.5 Å². The van der Waals surface area contributed by atoms with Crippen LogP contribution in [-0.2, 0) is 5.54 Å². The van der Waals surface area contributed by atoms with Crippen LogP contribution in [0, 0.1) is 6.92 Å². The van der Waals surface area contributed by atoms with Gasteiger partial charge in [0.2, 0.25) is 0 Å². The second kappa shape index (κ2) is 4.44. The lowest BCUT2D eigenvalue weighted by atomic mass is 9.93. The molecule has 0 spiro atoms. The van der Waals surface area contributed by atoms with Gasteiger partial charge in [-0.1, -0.05) is 13.8 Å². The molecule has 2 heterocycles. The van der Waals surface area contributed by atoms with Crippen LogP contribution in [0.15, 0.2) is 5.38 Å². The highest BCUT2D eigenvalue weighted by atomic mass is 32.2. The Morgan fingerprint density at radius 1 is 1.67 bits per heavy atom. The maximum atomic E-state index is 4.68. The fourth-order valence-corrected chi connectivity index (χ4v) is 4.76. The van der Waals surface area contributed by atoms with Crippen molar-refractivity contribution in [2.24, 2.45) is 0 Å². The van der Waals surface area contributed by atoms with Crippen molar-refractivity contribution < 1.29 is 0 Å². The SMILES string of the molecule is CCNC1(c2nc(C)cs2)CCSC1C. The summed E-state index contributed by atoms with van der Waals surface area (Å²) in [6, 6.07) is 0. The minimum absolute atomic E-state index is 0.137. The van der Waals surface area contributed by atoms with Crippen molar-refractivity contribution in [2.75, 3.05) is 12.3 Å². The molecule has 1 aliphatic heterocycles. The fourth-order valence-electron chi connectivity index (χ4n) is 2.21. The van der Waals surface area contributed by atoms with E-state index in [0.29, 0.717) is 5.25 Å². The Balaban J connectivity index is 2.33. The predicted molar refractivity (Wildman–Crippen MR) is 68.7 cm³/mol. The summed E-state index contributed by atoms with van der Waals surface area (Å²) >= 11 is 3.85. The summed E-state index contributed by atoms with van der Waals surface area (Å²) in [4.78, 5) is 4.68. The maximum absolute atomic E-state index is 4.68. The molecule has 0 amide bonds. The van der Waals surface area contributed by atoms with Crippen LogP contribution >= 0.6 is 23.1 Å². The van der Waals surface area contributed by atoms with Crippen LogP contribution in [0.2, 0.25) is 0 Å². The van der Waals surface area contributed by atoms with Gasteiger partial charge in [-0.15, -0.1) is 11.3 Å². The van der Waals surface area contributed by atoms with Gasteiger partial charge in [0.05, 0.1) is 5.54 Å². The van der Waals surface area contributed by atoms with E-state index in [-0.39, 0.29) is 5.54 Å². The van der Waals surface area contributed by atoms with E-state index in [9.17, 15) is 0 Å². The predicted octanol–water partition coefficient (Wildman–Crippen LogP) is 2.78. The zero-order valence-corrected chi connectivity index (χ0v) is 11.2. The van der Waals surface area contributed by atoms with Crippen LogP contribution in [0.25, 0.3) is 0 Å². The smallest absolute Gasteiger partial charge is 0.114 e. The summed E-state index contributed by atoms with van der Waals surface area (Å²) in [6.45, 7) is 7.59. The van der Waals surface area contributed by atoms with Crippen molar-refractivity contribution in [3.63, 3.8) is 0 Å². The third kappa shape index (κ3) is 1.95. The van der Waals surface area contributed by atoms with E-state index in [1.54, 1.807) is 11.3 Å².